The number of likely N-dealkylation sites (N-methyl/N-ethyl adjacent to an activating group) is 1. The molecule has 2 aromatic rings. The first-order valence-electron chi connectivity index (χ1n) is 44.2. The van der Waals surface area contributed by atoms with Crippen LogP contribution in [0.2, 0.25) is 0 Å². The first-order chi connectivity index (χ1) is 53.8. The second-order valence-corrected chi connectivity index (χ2v) is 45.1. The van der Waals surface area contributed by atoms with Gasteiger partial charge in [-0.3, -0.25) is 28.9 Å². The van der Waals surface area contributed by atoms with Crippen molar-refractivity contribution in [1.82, 2.24) is 62.1 Å². The molecule has 700 valence electrons. The van der Waals surface area contributed by atoms with E-state index in [0.717, 1.165) is 110 Å². The van der Waals surface area contributed by atoms with Gasteiger partial charge in [0.1, 0.15) is 17.5 Å². The summed E-state index contributed by atoms with van der Waals surface area (Å²) in [4.78, 5) is 76.0. The number of carbonyl (C=O) groups is 6. The summed E-state index contributed by atoms with van der Waals surface area (Å²) in [6.45, 7) is 97.3. The molecule has 2 saturated heterocycles. The monoisotopic (exact) mass is 1690 g/mol. The summed E-state index contributed by atoms with van der Waals surface area (Å²) in [7, 11) is 5.39. The number of hydrogen-bond donors (Lipinski definition) is 8. The number of carbonyl (C=O) groups excluding carboxylic acids is 6. The number of piperazine rings is 1. The minimum absolute atomic E-state index is 0.00840. The zero-order valence-electron chi connectivity index (χ0n) is 84.4. The van der Waals surface area contributed by atoms with Gasteiger partial charge in [-0.2, -0.15) is 0 Å². The van der Waals surface area contributed by atoms with E-state index >= 15 is 0 Å². The zero-order chi connectivity index (χ0) is 93.9. The minimum atomic E-state index is -1.30. The third kappa shape index (κ3) is 88.8. The van der Waals surface area contributed by atoms with Crippen LogP contribution < -0.4 is 42.5 Å². The van der Waals surface area contributed by atoms with Crippen molar-refractivity contribution in [2.75, 3.05) is 146 Å². The third-order valence-corrected chi connectivity index (χ3v) is 16.8. The maximum atomic E-state index is 13.9. The lowest BCUT2D eigenvalue weighted by molar-refractivity contribution is -0.131. The molecule has 0 spiro atoms. The largest absolute Gasteiger partial charge is 0.453 e. The van der Waals surface area contributed by atoms with Crippen LogP contribution >= 0.6 is 0 Å². The standard InChI is InChI=1S/C12H22FNO.C12H18FN.C12H24N2O3.C12H19N.C11H22N2O.C9H21NO.C8H17NO.C7H15NO.C7H15N.C7H17N/c1-11(2,3)8-14-10(15)9-6-5-7-12(9,4)13;1-12(2,3)9-14-8-10-6-4-5-7-11(10)13;1-8(2)9(14-11(16)17-6)10(15)13-7-12(3,4)5;1-12(2,3)10-13-9-11-7-5-4-6-8-11;1-10(14)13-7-5-12(6-8-13)9-11(2,3)4;1-9(2,3)8-11-7-6-10(4)5;1-5-7(10)9-6-8(2,3)4;1-6(9)8-5-7(2,3)4;1-7(2,3)6-8-4-5-8;1-5-8-6-7(2,3)4/h9H,5-8H2,1-4H3,(H,14,15);4-7,14H,8-9H2,1-3H3;8-9H,7H2,1-6H3,(H,13,15)(H,14,16);4-8,13H,9-10H2,1-3H3;5-9H2,1-4H3;6-8H2,1-5H3;5-6H2,1-4H3,(H,9,10);5H2,1-4H3,(H,8,9);4-6H2,1-3H3;8H,5-6H2,1-4H3/t;;9-;;;;;;;/m..0......./s1. The highest BCUT2D eigenvalue weighted by atomic mass is 19.1. The van der Waals surface area contributed by atoms with Crippen molar-refractivity contribution in [3.05, 3.63) is 71.5 Å². The van der Waals surface area contributed by atoms with Crippen LogP contribution in [0.3, 0.4) is 0 Å². The van der Waals surface area contributed by atoms with Crippen molar-refractivity contribution in [3.8, 4) is 0 Å². The van der Waals surface area contributed by atoms with Crippen LogP contribution in [0.1, 0.15) is 293 Å². The molecule has 3 fully saturated rings. The molecule has 1 saturated carbocycles. The lowest BCUT2D eigenvalue weighted by atomic mass is 9.92. The maximum Gasteiger partial charge on any atom is 0.407 e. The van der Waals surface area contributed by atoms with Crippen molar-refractivity contribution in [2.45, 2.75) is 307 Å². The second kappa shape index (κ2) is 60.3. The van der Waals surface area contributed by atoms with Crippen molar-refractivity contribution >= 4 is 35.6 Å². The zero-order valence-corrected chi connectivity index (χ0v) is 84.4. The van der Waals surface area contributed by atoms with Crippen molar-refractivity contribution in [3.63, 3.8) is 0 Å². The normalized spacial score (nSPS) is 16.0. The Morgan fingerprint density at radius 1 is 0.521 bits per heavy atom. The molecule has 2 aromatic carbocycles. The molecule has 0 bridgehead atoms. The van der Waals surface area contributed by atoms with Gasteiger partial charge >= 0.3 is 6.09 Å². The lowest BCUT2D eigenvalue weighted by Crippen LogP contribution is -2.51. The van der Waals surface area contributed by atoms with Gasteiger partial charge in [0.05, 0.1) is 26.2 Å². The van der Waals surface area contributed by atoms with Crippen molar-refractivity contribution in [2.24, 2.45) is 66.0 Å². The van der Waals surface area contributed by atoms with E-state index in [1.807, 2.05) is 64.6 Å². The number of amides is 6. The Kier molecular flexibility index (Phi) is 61.9. The molecule has 22 heteroatoms. The summed E-state index contributed by atoms with van der Waals surface area (Å²) in [5, 5.41) is 23.7. The van der Waals surface area contributed by atoms with E-state index in [2.05, 4.69) is 294 Å². The van der Waals surface area contributed by atoms with Crippen molar-refractivity contribution in [1.29, 1.82) is 0 Å². The smallest absolute Gasteiger partial charge is 0.407 e. The molecular formula is C97H190F2N12O8. The van der Waals surface area contributed by atoms with Gasteiger partial charge in [0.2, 0.25) is 29.5 Å². The molecule has 1 aliphatic carbocycles. The summed E-state index contributed by atoms with van der Waals surface area (Å²) in [6, 6.07) is 16.8. The van der Waals surface area contributed by atoms with Gasteiger partial charge in [-0.25, -0.2) is 13.6 Å². The van der Waals surface area contributed by atoms with Crippen molar-refractivity contribution < 1.29 is 47.0 Å². The number of nitrogens with one attached hydrogen (secondary N) is 8. The van der Waals surface area contributed by atoms with Gasteiger partial charge in [0, 0.05) is 137 Å². The van der Waals surface area contributed by atoms with E-state index in [1.165, 1.54) is 45.3 Å². The molecule has 0 aromatic heterocycles. The van der Waals surface area contributed by atoms with E-state index < -0.39 is 23.7 Å². The van der Waals surface area contributed by atoms with E-state index in [0.29, 0.717) is 66.0 Å². The quantitative estimate of drug-likeness (QED) is 0.0382. The first-order valence-corrected chi connectivity index (χ1v) is 44.2. The third-order valence-electron chi connectivity index (χ3n) is 16.8. The molecule has 2 heterocycles. The fourth-order valence-electron chi connectivity index (χ4n) is 10.4. The number of benzene rings is 2. The Hall–Kier alpha value is -5.36. The Labute approximate surface area is 731 Å². The number of methoxy groups -OCH3 is 1. The van der Waals surface area contributed by atoms with E-state index in [4.69, 9.17) is 4.74 Å². The molecule has 20 nitrogen and oxygen atoms in total. The van der Waals surface area contributed by atoms with E-state index in [-0.39, 0.29) is 68.3 Å². The number of halogens is 2. The highest BCUT2D eigenvalue weighted by molar-refractivity contribution is 5.86. The molecular weight excluding hydrogens is 1500 g/mol. The Balaban J connectivity index is -0.000000408. The summed E-state index contributed by atoms with van der Waals surface area (Å²) in [5.74, 6) is -0.476. The van der Waals surface area contributed by atoms with Gasteiger partial charge in [-0.1, -0.05) is 284 Å². The molecule has 8 N–H and O–H groups in total. The molecule has 2 aliphatic heterocycles. The number of nitrogens with zero attached hydrogens (tertiary/aromatic N) is 4. The van der Waals surface area contributed by atoms with Gasteiger partial charge in [0.25, 0.3) is 0 Å². The van der Waals surface area contributed by atoms with Gasteiger partial charge in [0.15, 0.2) is 0 Å². The first kappa shape index (κ1) is 122. The molecule has 5 rings (SSSR count). The molecule has 0 radical (unpaired) electrons. The van der Waals surface area contributed by atoms with Gasteiger partial charge in [-0.15, -0.1) is 0 Å². The summed E-state index contributed by atoms with van der Waals surface area (Å²) < 4.78 is 37.0. The Morgan fingerprint density at radius 3 is 1.26 bits per heavy atom. The minimum Gasteiger partial charge on any atom is -0.453 e. The summed E-state index contributed by atoms with van der Waals surface area (Å²) in [6.07, 6.45) is 2.01. The highest BCUT2D eigenvalue weighted by Crippen LogP contribution is 2.39. The lowest BCUT2D eigenvalue weighted by Gasteiger charge is -2.37. The Bertz CT molecular complexity index is 2960. The van der Waals surface area contributed by atoms with Gasteiger partial charge in [-0.05, 0) is 125 Å². The average molecular weight is 1690 g/mol. The van der Waals surface area contributed by atoms with Crippen LogP contribution in [0.15, 0.2) is 54.6 Å². The van der Waals surface area contributed by atoms with Crippen LogP contribution in [-0.4, -0.2) is 213 Å². The number of alkyl carbamates (subject to hydrolysis) is 1. The number of hydrogen-bond acceptors (Lipinski definition) is 14. The predicted octanol–water partition coefficient (Wildman–Crippen LogP) is 18.5. The van der Waals surface area contributed by atoms with Crippen LogP contribution in [-0.2, 0) is 46.5 Å². The fraction of sp³-hybridized carbons (Fsp3) is 0.814. The molecule has 119 heavy (non-hydrogen) atoms. The second-order valence-electron chi connectivity index (χ2n) is 45.1. The van der Waals surface area contributed by atoms with E-state index in [1.54, 1.807) is 19.9 Å². The average Bonchev–Trinajstić information content (AvgIpc) is 1.70. The number of rotatable bonds is 23. The molecule has 2 unspecified atom stereocenters. The van der Waals surface area contributed by atoms with E-state index in [9.17, 15) is 37.5 Å². The Morgan fingerprint density at radius 2 is 0.924 bits per heavy atom. The molecule has 3 atom stereocenters. The number of ether oxygens (including phenoxy) is 2. The molecule has 6 amide bonds. The maximum absolute atomic E-state index is 13.9. The fourth-order valence-corrected chi connectivity index (χ4v) is 10.4. The summed E-state index contributed by atoms with van der Waals surface area (Å²) >= 11 is 0. The molecule has 3 aliphatic rings. The van der Waals surface area contributed by atoms with Crippen LogP contribution in [0.25, 0.3) is 0 Å². The predicted molar refractivity (Wildman–Crippen MR) is 503 cm³/mol. The SMILES string of the molecule is CC(=O)N1CCN(CC(C)(C)C)CC1.CC(=O)NCC(C)(C)C.CC(C)(C)CN1CC1.CC(C)(C)CNC(=O)C1CCCC1(C)F.CC(C)(C)CNCc1ccccc1.CC(C)(C)CNCc1ccccc1F.CCC(=O)NCC(C)(C)C.CCNCC(C)(C)C.CN(C)CCOCC(C)(C)C.COC(=O)N[C@H](C(=O)NCC(C)(C)C)C(C)C. The van der Waals surface area contributed by atoms with Crippen LogP contribution in [0.4, 0.5) is 13.6 Å². The van der Waals surface area contributed by atoms with Crippen LogP contribution in [0, 0.1) is 71.8 Å². The highest BCUT2D eigenvalue weighted by Gasteiger charge is 2.43. The van der Waals surface area contributed by atoms with Crippen LogP contribution in [0.5, 0.6) is 0 Å². The summed E-state index contributed by atoms with van der Waals surface area (Å²) in [5.41, 5.74) is 3.47. The topological polar surface area (TPSA) is 230 Å². The number of alkyl halides is 1. The van der Waals surface area contributed by atoms with Gasteiger partial charge < -0.3 is 66.7 Å².